The molecule has 0 saturated carbocycles. The van der Waals surface area contributed by atoms with Gasteiger partial charge in [-0.2, -0.15) is 0 Å². The number of nitrogens with zero attached hydrogens (tertiary/aromatic N) is 1. The Hall–Kier alpha value is -3.13. The van der Waals surface area contributed by atoms with Crippen LogP contribution in [0.5, 0.6) is 11.5 Å². The standard InChI is InChI=1S/C17H15ClN2O6/c1-3-25-17(22)12-6-4-5-7-15(12)26-11-8-13(18)16(20(23)24)14(9-11)19-10(2)21/h4-9H,3H2,1-2H3,(H,19,21). The van der Waals surface area contributed by atoms with E-state index in [0.717, 1.165) is 0 Å². The number of amides is 1. The molecule has 26 heavy (non-hydrogen) atoms. The number of anilines is 1. The number of carbonyl (C=O) groups excluding carboxylic acids is 2. The summed E-state index contributed by atoms with van der Waals surface area (Å²) in [6.07, 6.45) is 0. The molecule has 0 spiro atoms. The number of halogens is 1. The van der Waals surface area contributed by atoms with Crippen molar-refractivity contribution in [3.05, 3.63) is 57.1 Å². The molecule has 136 valence electrons. The monoisotopic (exact) mass is 378 g/mol. The smallest absolute Gasteiger partial charge is 0.341 e. The number of nitro groups is 1. The molecule has 1 amide bonds. The van der Waals surface area contributed by atoms with Crippen LogP contribution < -0.4 is 10.1 Å². The van der Waals surface area contributed by atoms with Crippen molar-refractivity contribution in [1.82, 2.24) is 0 Å². The maximum atomic E-state index is 12.0. The van der Waals surface area contributed by atoms with Gasteiger partial charge in [0.25, 0.3) is 0 Å². The molecule has 0 unspecified atom stereocenters. The van der Waals surface area contributed by atoms with E-state index >= 15 is 0 Å². The van der Waals surface area contributed by atoms with Crippen molar-refractivity contribution in [2.24, 2.45) is 0 Å². The van der Waals surface area contributed by atoms with Gasteiger partial charge in [0.05, 0.1) is 11.5 Å². The molecule has 2 aromatic carbocycles. The molecule has 0 atom stereocenters. The molecule has 2 rings (SSSR count). The molecule has 0 aliphatic heterocycles. The molecule has 2 aromatic rings. The van der Waals surface area contributed by atoms with Gasteiger partial charge >= 0.3 is 11.7 Å². The van der Waals surface area contributed by atoms with Crippen LogP contribution in [-0.4, -0.2) is 23.4 Å². The summed E-state index contributed by atoms with van der Waals surface area (Å²) in [6.45, 7) is 3.08. The summed E-state index contributed by atoms with van der Waals surface area (Å²) in [7, 11) is 0. The predicted octanol–water partition coefficient (Wildman–Crippen LogP) is 4.18. The summed E-state index contributed by atoms with van der Waals surface area (Å²) in [6, 6.07) is 8.85. The Bertz CT molecular complexity index is 868. The average Bonchev–Trinajstić information content (AvgIpc) is 2.54. The van der Waals surface area contributed by atoms with Crippen LogP contribution in [0.25, 0.3) is 0 Å². The summed E-state index contributed by atoms with van der Waals surface area (Å²) in [5.41, 5.74) is -0.378. The van der Waals surface area contributed by atoms with Crippen LogP contribution in [-0.2, 0) is 9.53 Å². The Balaban J connectivity index is 2.45. The average molecular weight is 379 g/mol. The molecule has 0 bridgehead atoms. The lowest BCUT2D eigenvalue weighted by molar-refractivity contribution is -0.383. The quantitative estimate of drug-likeness (QED) is 0.459. The second kappa shape index (κ2) is 8.30. The van der Waals surface area contributed by atoms with Crippen molar-refractivity contribution >= 4 is 34.9 Å². The van der Waals surface area contributed by atoms with Crippen molar-refractivity contribution in [3.8, 4) is 11.5 Å². The second-order valence-electron chi connectivity index (χ2n) is 5.06. The first-order chi connectivity index (χ1) is 12.3. The maximum Gasteiger partial charge on any atom is 0.341 e. The lowest BCUT2D eigenvalue weighted by Crippen LogP contribution is -2.09. The number of nitrogens with one attached hydrogen (secondary N) is 1. The first-order valence-electron chi connectivity index (χ1n) is 7.53. The highest BCUT2D eigenvalue weighted by atomic mass is 35.5. The van der Waals surface area contributed by atoms with E-state index in [9.17, 15) is 19.7 Å². The van der Waals surface area contributed by atoms with E-state index in [4.69, 9.17) is 21.1 Å². The van der Waals surface area contributed by atoms with E-state index in [1.807, 2.05) is 0 Å². The number of esters is 1. The summed E-state index contributed by atoms with van der Waals surface area (Å²) in [4.78, 5) is 33.8. The summed E-state index contributed by atoms with van der Waals surface area (Å²) < 4.78 is 10.6. The summed E-state index contributed by atoms with van der Waals surface area (Å²) in [5.74, 6) is -0.780. The number of benzene rings is 2. The minimum atomic E-state index is -0.704. The van der Waals surface area contributed by atoms with Crippen molar-refractivity contribution in [2.45, 2.75) is 13.8 Å². The van der Waals surface area contributed by atoms with Gasteiger partial charge in [0.1, 0.15) is 27.8 Å². The largest absolute Gasteiger partial charge is 0.462 e. The molecule has 0 aromatic heterocycles. The van der Waals surface area contributed by atoms with Gasteiger partial charge in [-0.25, -0.2) is 4.79 Å². The van der Waals surface area contributed by atoms with Crippen LogP contribution >= 0.6 is 11.6 Å². The van der Waals surface area contributed by atoms with Crippen LogP contribution in [0.4, 0.5) is 11.4 Å². The van der Waals surface area contributed by atoms with E-state index in [2.05, 4.69) is 5.32 Å². The molecule has 1 N–H and O–H groups in total. The van der Waals surface area contributed by atoms with Crippen molar-refractivity contribution < 1.29 is 24.0 Å². The normalized spacial score (nSPS) is 10.1. The molecule has 0 fully saturated rings. The molecule has 9 heteroatoms. The van der Waals surface area contributed by atoms with Crippen LogP contribution in [0.15, 0.2) is 36.4 Å². The number of carbonyl (C=O) groups is 2. The third-order valence-corrected chi connectivity index (χ3v) is 3.43. The summed E-state index contributed by atoms with van der Waals surface area (Å²) >= 11 is 5.97. The van der Waals surface area contributed by atoms with E-state index in [1.54, 1.807) is 25.1 Å². The zero-order valence-electron chi connectivity index (χ0n) is 13.9. The van der Waals surface area contributed by atoms with E-state index in [0.29, 0.717) is 0 Å². The van der Waals surface area contributed by atoms with Gasteiger partial charge in [0.2, 0.25) is 5.91 Å². The van der Waals surface area contributed by atoms with Gasteiger partial charge in [-0.3, -0.25) is 14.9 Å². The zero-order valence-corrected chi connectivity index (χ0v) is 14.7. The van der Waals surface area contributed by atoms with Crippen LogP contribution in [0, 0.1) is 10.1 Å². The Morgan fingerprint density at radius 2 is 1.96 bits per heavy atom. The maximum absolute atomic E-state index is 12.0. The van der Waals surface area contributed by atoms with Gasteiger partial charge in [0, 0.05) is 19.1 Å². The Morgan fingerprint density at radius 3 is 2.58 bits per heavy atom. The first-order valence-corrected chi connectivity index (χ1v) is 7.90. The second-order valence-corrected chi connectivity index (χ2v) is 5.47. The van der Waals surface area contributed by atoms with Crippen molar-refractivity contribution in [3.63, 3.8) is 0 Å². The topological polar surface area (TPSA) is 108 Å². The highest BCUT2D eigenvalue weighted by Gasteiger charge is 2.22. The molecular weight excluding hydrogens is 364 g/mol. The Labute approximate surface area is 153 Å². The lowest BCUT2D eigenvalue weighted by Gasteiger charge is -2.12. The Kier molecular flexibility index (Phi) is 6.13. The van der Waals surface area contributed by atoms with Gasteiger partial charge in [-0.15, -0.1) is 0 Å². The van der Waals surface area contributed by atoms with E-state index in [-0.39, 0.29) is 34.4 Å². The van der Waals surface area contributed by atoms with Gasteiger partial charge < -0.3 is 14.8 Å². The van der Waals surface area contributed by atoms with Crippen LogP contribution in [0.2, 0.25) is 5.02 Å². The third-order valence-electron chi connectivity index (χ3n) is 3.14. The number of hydrogen-bond donors (Lipinski definition) is 1. The van der Waals surface area contributed by atoms with E-state index < -0.39 is 22.5 Å². The minimum Gasteiger partial charge on any atom is -0.462 e. The number of hydrogen-bond acceptors (Lipinski definition) is 6. The predicted molar refractivity (Wildman–Crippen MR) is 94.9 cm³/mol. The molecule has 0 heterocycles. The minimum absolute atomic E-state index is 0.112. The number of ether oxygens (including phenoxy) is 2. The van der Waals surface area contributed by atoms with Gasteiger partial charge in [0.15, 0.2) is 0 Å². The fourth-order valence-corrected chi connectivity index (χ4v) is 2.44. The zero-order chi connectivity index (χ0) is 19.3. The molecule has 0 aliphatic rings. The number of para-hydroxylation sites is 1. The fraction of sp³-hybridized carbons (Fsp3) is 0.176. The highest BCUT2D eigenvalue weighted by molar-refractivity contribution is 6.33. The SMILES string of the molecule is CCOC(=O)c1ccccc1Oc1cc(Cl)c([N+](=O)[O-])c(NC(C)=O)c1. The lowest BCUT2D eigenvalue weighted by atomic mass is 10.2. The van der Waals surface area contributed by atoms with E-state index in [1.165, 1.54) is 25.1 Å². The third kappa shape index (κ3) is 4.48. The molecule has 0 saturated heterocycles. The fourth-order valence-electron chi connectivity index (χ4n) is 2.16. The van der Waals surface area contributed by atoms with Crippen molar-refractivity contribution in [2.75, 3.05) is 11.9 Å². The van der Waals surface area contributed by atoms with Gasteiger partial charge in [-0.1, -0.05) is 23.7 Å². The Morgan fingerprint density at radius 1 is 1.27 bits per heavy atom. The molecule has 0 aliphatic carbocycles. The van der Waals surface area contributed by atoms with Crippen LogP contribution in [0.1, 0.15) is 24.2 Å². The first kappa shape index (κ1) is 19.2. The number of nitro benzene ring substituents is 1. The molecule has 8 nitrogen and oxygen atoms in total. The van der Waals surface area contributed by atoms with Crippen LogP contribution in [0.3, 0.4) is 0 Å². The van der Waals surface area contributed by atoms with Crippen molar-refractivity contribution in [1.29, 1.82) is 0 Å². The summed E-state index contributed by atoms with van der Waals surface area (Å²) in [5, 5.41) is 13.3. The highest BCUT2D eigenvalue weighted by Crippen LogP contribution is 2.38. The number of rotatable bonds is 6. The molecule has 0 radical (unpaired) electrons. The molecular formula is C17H15ClN2O6. The van der Waals surface area contributed by atoms with Gasteiger partial charge in [-0.05, 0) is 19.1 Å².